The minimum atomic E-state index is -0.592. The van der Waals surface area contributed by atoms with Crippen LogP contribution in [0.4, 0.5) is 9.59 Å². The summed E-state index contributed by atoms with van der Waals surface area (Å²) in [6, 6.07) is -1.18. The number of hydrogen-bond acceptors (Lipinski definition) is 4. The maximum absolute atomic E-state index is 11.1. The van der Waals surface area contributed by atoms with Gasteiger partial charge >= 0.3 is 12.1 Å². The summed E-state index contributed by atoms with van der Waals surface area (Å²) in [5.74, 6) is 2.72. The van der Waals surface area contributed by atoms with Crippen LogP contribution in [-0.2, 0) is 0 Å². The first-order valence-electron chi connectivity index (χ1n) is 11.0. The van der Waals surface area contributed by atoms with Crippen molar-refractivity contribution < 1.29 is 9.59 Å². The summed E-state index contributed by atoms with van der Waals surface area (Å²) in [6.45, 7) is 4.84. The molecular formula is C21H34N6O2. The van der Waals surface area contributed by atoms with Gasteiger partial charge in [-0.05, 0) is 86.9 Å². The Kier molecular flexibility index (Phi) is 5.07. The Morgan fingerprint density at radius 1 is 0.931 bits per heavy atom. The summed E-state index contributed by atoms with van der Waals surface area (Å²) in [7, 11) is 0. The molecule has 0 bridgehead atoms. The van der Waals surface area contributed by atoms with E-state index in [1.807, 2.05) is 0 Å². The molecular weight excluding hydrogens is 368 g/mol. The van der Waals surface area contributed by atoms with Crippen LogP contribution in [0, 0.1) is 34.5 Å². The van der Waals surface area contributed by atoms with Crippen molar-refractivity contribution in [3.63, 3.8) is 0 Å². The zero-order valence-corrected chi connectivity index (χ0v) is 17.5. The number of hydrogen-bond donors (Lipinski definition) is 4. The average molecular weight is 403 g/mol. The van der Waals surface area contributed by atoms with Gasteiger partial charge in [-0.25, -0.2) is 20.4 Å². The Balaban J connectivity index is 1.51. The lowest BCUT2D eigenvalue weighted by molar-refractivity contribution is -0.0815. The van der Waals surface area contributed by atoms with E-state index in [1.165, 1.54) is 19.3 Å². The second-order valence-corrected chi connectivity index (χ2v) is 10.0. The van der Waals surface area contributed by atoms with Gasteiger partial charge in [-0.2, -0.15) is 10.2 Å². The lowest BCUT2D eigenvalue weighted by Gasteiger charge is -2.59. The molecule has 0 aromatic rings. The van der Waals surface area contributed by atoms with Gasteiger partial charge in [0, 0.05) is 16.8 Å². The van der Waals surface area contributed by atoms with Crippen LogP contribution in [0.15, 0.2) is 10.2 Å². The number of nitrogens with two attached hydrogens (primary N) is 2. The molecule has 29 heavy (non-hydrogen) atoms. The summed E-state index contributed by atoms with van der Waals surface area (Å²) in [5.41, 5.74) is 17.9. The molecule has 0 saturated heterocycles. The molecule has 0 aliphatic heterocycles. The SMILES string of the molecule is CC12CCC3C(CCC4C/C(=N/NC(N)=O)CCC43C)C1CC/C2=N/NC(N)=O. The fourth-order valence-corrected chi connectivity index (χ4v) is 7.39. The van der Waals surface area contributed by atoms with Crippen LogP contribution < -0.4 is 22.3 Å². The van der Waals surface area contributed by atoms with Crippen LogP contribution in [0.1, 0.15) is 71.6 Å². The molecule has 0 aromatic carbocycles. The minimum absolute atomic E-state index is 0.0828. The highest BCUT2D eigenvalue weighted by Crippen LogP contribution is 2.65. The predicted octanol–water partition coefficient (Wildman–Crippen LogP) is 3.08. The molecule has 4 saturated carbocycles. The molecule has 0 aromatic heterocycles. The summed E-state index contributed by atoms with van der Waals surface area (Å²) in [5, 5.41) is 8.64. The lowest BCUT2D eigenvalue weighted by Crippen LogP contribution is -2.53. The first kappa shape index (κ1) is 20.2. The van der Waals surface area contributed by atoms with Crippen LogP contribution in [0.2, 0.25) is 0 Å². The van der Waals surface area contributed by atoms with Gasteiger partial charge < -0.3 is 11.5 Å². The van der Waals surface area contributed by atoms with Crippen LogP contribution in [0.5, 0.6) is 0 Å². The van der Waals surface area contributed by atoms with Crippen LogP contribution >= 0.6 is 0 Å². The maximum Gasteiger partial charge on any atom is 0.332 e. The molecule has 0 radical (unpaired) electrons. The smallest absolute Gasteiger partial charge is 0.332 e. The van der Waals surface area contributed by atoms with E-state index in [1.54, 1.807) is 0 Å². The Morgan fingerprint density at radius 2 is 1.66 bits per heavy atom. The molecule has 8 heteroatoms. The van der Waals surface area contributed by atoms with E-state index >= 15 is 0 Å². The number of primary amides is 2. The van der Waals surface area contributed by atoms with E-state index in [-0.39, 0.29) is 5.41 Å². The molecule has 6 unspecified atom stereocenters. The Morgan fingerprint density at radius 3 is 2.38 bits per heavy atom. The van der Waals surface area contributed by atoms with Gasteiger partial charge in [-0.15, -0.1) is 0 Å². The van der Waals surface area contributed by atoms with Crippen LogP contribution in [0.3, 0.4) is 0 Å². The highest BCUT2D eigenvalue weighted by Gasteiger charge is 2.59. The summed E-state index contributed by atoms with van der Waals surface area (Å²) in [4.78, 5) is 22.1. The summed E-state index contributed by atoms with van der Waals surface area (Å²) in [6.07, 6.45) is 9.96. The third-order valence-corrected chi connectivity index (χ3v) is 8.87. The molecule has 4 rings (SSSR count). The van der Waals surface area contributed by atoms with Crippen LogP contribution in [0.25, 0.3) is 0 Å². The number of urea groups is 2. The molecule has 6 atom stereocenters. The van der Waals surface area contributed by atoms with Gasteiger partial charge in [0.2, 0.25) is 0 Å². The quantitative estimate of drug-likeness (QED) is 0.528. The van der Waals surface area contributed by atoms with Gasteiger partial charge in [0.25, 0.3) is 0 Å². The van der Waals surface area contributed by atoms with Crippen molar-refractivity contribution in [3.8, 4) is 0 Å². The van der Waals surface area contributed by atoms with Crippen molar-refractivity contribution in [2.45, 2.75) is 71.6 Å². The van der Waals surface area contributed by atoms with E-state index in [2.05, 4.69) is 34.9 Å². The number of rotatable bonds is 2. The number of nitrogens with zero attached hydrogens (tertiary/aromatic N) is 2. The monoisotopic (exact) mass is 402 g/mol. The van der Waals surface area contributed by atoms with Crippen LogP contribution in [-0.4, -0.2) is 23.5 Å². The summed E-state index contributed by atoms with van der Waals surface area (Å²) < 4.78 is 0. The first-order valence-corrected chi connectivity index (χ1v) is 11.0. The topological polar surface area (TPSA) is 135 Å². The molecule has 8 nitrogen and oxygen atoms in total. The fraction of sp³-hybridized carbons (Fsp3) is 0.810. The van der Waals surface area contributed by atoms with E-state index in [0.717, 1.165) is 61.8 Å². The predicted molar refractivity (Wildman–Crippen MR) is 112 cm³/mol. The van der Waals surface area contributed by atoms with Crippen molar-refractivity contribution in [1.29, 1.82) is 0 Å². The van der Waals surface area contributed by atoms with E-state index in [4.69, 9.17) is 11.5 Å². The van der Waals surface area contributed by atoms with Crippen molar-refractivity contribution in [1.82, 2.24) is 10.9 Å². The Hall–Kier alpha value is -2.12. The minimum Gasteiger partial charge on any atom is -0.350 e. The molecule has 4 amide bonds. The van der Waals surface area contributed by atoms with Crippen molar-refractivity contribution >= 4 is 23.5 Å². The number of amides is 4. The average Bonchev–Trinajstić information content (AvgIpc) is 3.01. The molecule has 4 fully saturated rings. The standard InChI is InChI=1S/C21H34N6O2/c1-20-9-7-13(24-26-18(22)28)11-12(20)3-4-14-15-5-6-17(25-27-19(23)29)21(15,2)10-8-16(14)20/h12,14-16H,3-11H2,1-2H3,(H3,22,26,28)(H3,23,27,29)/b24-13+,25-17-. The highest BCUT2D eigenvalue weighted by molar-refractivity contribution is 5.93. The molecule has 160 valence electrons. The maximum atomic E-state index is 11.1. The zero-order valence-electron chi connectivity index (χ0n) is 17.5. The Bertz CT molecular complexity index is 764. The number of fused-ring (bicyclic) bond motifs is 5. The van der Waals surface area contributed by atoms with E-state index < -0.39 is 12.1 Å². The van der Waals surface area contributed by atoms with Crippen molar-refractivity contribution in [2.24, 2.45) is 56.2 Å². The lowest BCUT2D eigenvalue weighted by atomic mass is 9.45. The van der Waals surface area contributed by atoms with Gasteiger partial charge in [0.15, 0.2) is 0 Å². The van der Waals surface area contributed by atoms with E-state index in [0.29, 0.717) is 17.3 Å². The molecule has 6 N–H and O–H groups in total. The molecule has 4 aliphatic carbocycles. The van der Waals surface area contributed by atoms with Gasteiger partial charge in [0.05, 0.1) is 0 Å². The van der Waals surface area contributed by atoms with E-state index in [9.17, 15) is 9.59 Å². The Labute approximate surface area is 172 Å². The number of hydrazone groups is 2. The highest BCUT2D eigenvalue weighted by atomic mass is 16.2. The number of carbonyl (C=O) groups excluding carboxylic acids is 2. The third-order valence-electron chi connectivity index (χ3n) is 8.87. The molecule has 0 spiro atoms. The van der Waals surface area contributed by atoms with Gasteiger partial charge in [0.1, 0.15) is 0 Å². The van der Waals surface area contributed by atoms with Gasteiger partial charge in [-0.3, -0.25) is 0 Å². The fourth-order valence-electron chi connectivity index (χ4n) is 7.39. The van der Waals surface area contributed by atoms with Crippen molar-refractivity contribution in [2.75, 3.05) is 0 Å². The van der Waals surface area contributed by atoms with Gasteiger partial charge in [-0.1, -0.05) is 13.8 Å². The first-order chi connectivity index (χ1) is 13.7. The van der Waals surface area contributed by atoms with Crippen molar-refractivity contribution in [3.05, 3.63) is 0 Å². The third kappa shape index (κ3) is 3.40. The molecule has 0 heterocycles. The largest absolute Gasteiger partial charge is 0.350 e. The zero-order chi connectivity index (χ0) is 20.8. The second-order valence-electron chi connectivity index (χ2n) is 10.0. The number of carbonyl (C=O) groups is 2. The molecule has 4 aliphatic rings. The summed E-state index contributed by atoms with van der Waals surface area (Å²) >= 11 is 0. The number of nitrogens with one attached hydrogen (secondary N) is 2. The normalized spacial score (nSPS) is 43.9. The second kappa shape index (κ2) is 7.29.